The third-order valence-electron chi connectivity index (χ3n) is 2.77. The van der Waals surface area contributed by atoms with Crippen molar-refractivity contribution in [2.45, 2.75) is 12.8 Å². The van der Waals surface area contributed by atoms with Gasteiger partial charge in [0, 0.05) is 17.3 Å². The summed E-state index contributed by atoms with van der Waals surface area (Å²) in [5.74, 6) is 0. The van der Waals surface area contributed by atoms with Crippen molar-refractivity contribution in [3.8, 4) is 11.1 Å². The first kappa shape index (κ1) is 16.4. The van der Waals surface area contributed by atoms with Crippen LogP contribution < -0.4 is 0 Å². The molecular weight excluding hydrogens is 350 g/mol. The highest BCUT2D eigenvalue weighted by Crippen LogP contribution is 2.40. The summed E-state index contributed by atoms with van der Waals surface area (Å²) >= 11 is 17.7. The molecule has 2 rings (SSSR count). The second-order valence-electron chi connectivity index (χ2n) is 4.10. The van der Waals surface area contributed by atoms with Crippen LogP contribution in [-0.4, -0.2) is 10.1 Å². The molecule has 0 saturated carbocycles. The van der Waals surface area contributed by atoms with Crippen molar-refractivity contribution >= 4 is 34.8 Å². The molecule has 8 heteroatoms. The van der Waals surface area contributed by atoms with Gasteiger partial charge in [0.05, 0.1) is 32.9 Å². The van der Waals surface area contributed by atoms with Crippen LogP contribution in [0.2, 0.25) is 15.1 Å². The molecule has 0 aliphatic rings. The van der Waals surface area contributed by atoms with E-state index in [1.165, 1.54) is 18.3 Å². The van der Waals surface area contributed by atoms with E-state index in [0.29, 0.717) is 0 Å². The zero-order valence-electron chi connectivity index (χ0n) is 10.2. The van der Waals surface area contributed by atoms with Gasteiger partial charge in [0.1, 0.15) is 0 Å². The number of alkyl halides is 3. The fourth-order valence-electron chi connectivity index (χ4n) is 1.76. The lowest BCUT2D eigenvalue weighted by atomic mass is 10.0. The lowest BCUT2D eigenvalue weighted by molar-refractivity contribution is -0.139. The standard InChI is InChI=1S/C13H7Cl3F3NO/c14-9-2-1-7(11(15)12(9)16)6-3-8(13(17,18)19)10(5-21)20-4-6/h1-4,21H,5H2. The maximum atomic E-state index is 12.9. The van der Waals surface area contributed by atoms with Gasteiger partial charge in [-0.15, -0.1) is 0 Å². The molecule has 1 aromatic carbocycles. The molecule has 1 heterocycles. The Kier molecular flexibility index (Phi) is 4.68. The number of nitrogens with zero attached hydrogens (tertiary/aromatic N) is 1. The Morgan fingerprint density at radius 3 is 2.33 bits per heavy atom. The van der Waals surface area contributed by atoms with Crippen LogP contribution in [0.5, 0.6) is 0 Å². The molecular formula is C13H7Cl3F3NO. The minimum Gasteiger partial charge on any atom is -0.390 e. The molecule has 0 fully saturated rings. The van der Waals surface area contributed by atoms with Crippen LogP contribution in [-0.2, 0) is 12.8 Å². The molecule has 0 unspecified atom stereocenters. The van der Waals surface area contributed by atoms with E-state index >= 15 is 0 Å². The predicted octanol–water partition coefficient (Wildman–Crippen LogP) is 5.22. The first-order chi connectivity index (χ1) is 9.75. The van der Waals surface area contributed by atoms with Crippen molar-refractivity contribution in [1.29, 1.82) is 0 Å². The number of rotatable bonds is 2. The van der Waals surface area contributed by atoms with Gasteiger partial charge in [-0.2, -0.15) is 13.2 Å². The summed E-state index contributed by atoms with van der Waals surface area (Å²) in [5, 5.41) is 9.24. The number of halogens is 6. The minimum absolute atomic E-state index is 0.0378. The van der Waals surface area contributed by atoms with Crippen LogP contribution in [0.4, 0.5) is 13.2 Å². The molecule has 2 nitrogen and oxygen atoms in total. The smallest absolute Gasteiger partial charge is 0.390 e. The van der Waals surface area contributed by atoms with Gasteiger partial charge in [-0.25, -0.2) is 0 Å². The fourth-order valence-corrected chi connectivity index (χ4v) is 2.41. The number of benzene rings is 1. The molecule has 2 aromatic rings. The molecule has 1 aromatic heterocycles. The van der Waals surface area contributed by atoms with Crippen LogP contribution in [0.3, 0.4) is 0 Å². The lowest BCUT2D eigenvalue weighted by Gasteiger charge is -2.13. The summed E-state index contributed by atoms with van der Waals surface area (Å²) in [6.45, 7) is -0.815. The molecule has 0 amide bonds. The highest BCUT2D eigenvalue weighted by atomic mass is 35.5. The number of aliphatic hydroxyl groups excluding tert-OH is 1. The number of hydrogen-bond acceptors (Lipinski definition) is 2. The third kappa shape index (κ3) is 3.26. The first-order valence-electron chi connectivity index (χ1n) is 5.56. The van der Waals surface area contributed by atoms with E-state index in [-0.39, 0.29) is 26.2 Å². The maximum absolute atomic E-state index is 12.9. The van der Waals surface area contributed by atoms with E-state index < -0.39 is 24.0 Å². The minimum atomic E-state index is -4.64. The van der Waals surface area contributed by atoms with E-state index in [0.717, 1.165) is 6.07 Å². The summed E-state index contributed by atoms with van der Waals surface area (Å²) in [6, 6.07) is 3.74. The number of aromatic nitrogens is 1. The molecule has 0 radical (unpaired) electrons. The Morgan fingerprint density at radius 2 is 1.76 bits per heavy atom. The molecule has 0 spiro atoms. The molecule has 1 N–H and O–H groups in total. The van der Waals surface area contributed by atoms with Crippen molar-refractivity contribution in [3.63, 3.8) is 0 Å². The summed E-state index contributed by atoms with van der Waals surface area (Å²) in [6.07, 6.45) is -3.45. The Hall–Kier alpha value is -1.01. The number of pyridine rings is 1. The van der Waals surface area contributed by atoms with Gasteiger partial charge < -0.3 is 5.11 Å². The highest BCUT2D eigenvalue weighted by molar-refractivity contribution is 6.49. The van der Waals surface area contributed by atoms with E-state index in [4.69, 9.17) is 39.9 Å². The molecule has 21 heavy (non-hydrogen) atoms. The van der Waals surface area contributed by atoms with Gasteiger partial charge in [0.2, 0.25) is 0 Å². The second-order valence-corrected chi connectivity index (χ2v) is 5.26. The zero-order valence-corrected chi connectivity index (χ0v) is 12.4. The van der Waals surface area contributed by atoms with E-state index in [1.54, 1.807) is 0 Å². The Balaban J connectivity index is 2.64. The summed E-state index contributed by atoms with van der Waals surface area (Å²) < 4.78 is 38.8. The van der Waals surface area contributed by atoms with Crippen LogP contribution in [0.25, 0.3) is 11.1 Å². The average molecular weight is 357 g/mol. The second kappa shape index (κ2) is 6.01. The van der Waals surface area contributed by atoms with E-state index in [1.807, 2.05) is 0 Å². The van der Waals surface area contributed by atoms with Crippen molar-refractivity contribution < 1.29 is 18.3 Å². The van der Waals surface area contributed by atoms with Crippen LogP contribution in [0.1, 0.15) is 11.3 Å². The van der Waals surface area contributed by atoms with Gasteiger partial charge in [-0.05, 0) is 12.1 Å². The van der Waals surface area contributed by atoms with Gasteiger partial charge in [0.25, 0.3) is 0 Å². The fraction of sp³-hybridized carbons (Fsp3) is 0.154. The van der Waals surface area contributed by atoms with Crippen molar-refractivity contribution in [3.05, 3.63) is 50.7 Å². The predicted molar refractivity (Wildman–Crippen MR) is 75.6 cm³/mol. The molecule has 0 atom stereocenters. The number of aliphatic hydroxyl groups is 1. The summed E-state index contributed by atoms with van der Waals surface area (Å²) in [4.78, 5) is 3.63. The van der Waals surface area contributed by atoms with Gasteiger partial charge in [-0.3, -0.25) is 4.98 Å². The highest BCUT2D eigenvalue weighted by Gasteiger charge is 2.34. The monoisotopic (exact) mass is 355 g/mol. The Labute approximate surface area is 133 Å². The van der Waals surface area contributed by atoms with Crippen LogP contribution in [0, 0.1) is 0 Å². The molecule has 0 aliphatic carbocycles. The zero-order chi connectivity index (χ0) is 15.8. The van der Waals surface area contributed by atoms with E-state index in [2.05, 4.69) is 4.98 Å². The SMILES string of the molecule is OCc1ncc(-c2ccc(Cl)c(Cl)c2Cl)cc1C(F)(F)F. The Morgan fingerprint density at radius 1 is 1.10 bits per heavy atom. The molecule has 0 saturated heterocycles. The van der Waals surface area contributed by atoms with Gasteiger partial charge in [-0.1, -0.05) is 40.9 Å². The van der Waals surface area contributed by atoms with Crippen LogP contribution >= 0.6 is 34.8 Å². The first-order valence-corrected chi connectivity index (χ1v) is 6.70. The van der Waals surface area contributed by atoms with E-state index in [9.17, 15) is 13.2 Å². The topological polar surface area (TPSA) is 33.1 Å². The largest absolute Gasteiger partial charge is 0.418 e. The van der Waals surface area contributed by atoms with Crippen molar-refractivity contribution in [1.82, 2.24) is 4.98 Å². The van der Waals surface area contributed by atoms with Crippen molar-refractivity contribution in [2.75, 3.05) is 0 Å². The third-order valence-corrected chi connectivity index (χ3v) is 4.07. The summed E-state index contributed by atoms with van der Waals surface area (Å²) in [7, 11) is 0. The number of hydrogen-bond donors (Lipinski definition) is 1. The average Bonchev–Trinajstić information content (AvgIpc) is 2.43. The quantitative estimate of drug-likeness (QED) is 0.748. The normalized spacial score (nSPS) is 11.8. The van der Waals surface area contributed by atoms with Gasteiger partial charge >= 0.3 is 6.18 Å². The maximum Gasteiger partial charge on any atom is 0.418 e. The Bertz CT molecular complexity index is 689. The van der Waals surface area contributed by atoms with Crippen LogP contribution in [0.15, 0.2) is 24.4 Å². The van der Waals surface area contributed by atoms with Gasteiger partial charge in [0.15, 0.2) is 0 Å². The van der Waals surface area contributed by atoms with Crippen molar-refractivity contribution in [2.24, 2.45) is 0 Å². The molecule has 0 aliphatic heterocycles. The molecule has 0 bridgehead atoms. The lowest BCUT2D eigenvalue weighted by Crippen LogP contribution is -2.11. The molecule has 112 valence electrons. The summed E-state index contributed by atoms with van der Waals surface area (Å²) in [5.41, 5.74) is -1.08.